The Morgan fingerprint density at radius 1 is 0.441 bits per heavy atom. The molecule has 0 atom stereocenters. The first-order chi connectivity index (χ1) is 16.7. The lowest BCUT2D eigenvalue weighted by molar-refractivity contribution is 1.15. The zero-order chi connectivity index (χ0) is 22.6. The van der Waals surface area contributed by atoms with Crippen molar-refractivity contribution in [2.24, 2.45) is 0 Å². The Kier molecular flexibility index (Phi) is 4.08. The maximum Gasteiger partial charge on any atom is 0.0542 e. The molecule has 0 saturated heterocycles. The highest BCUT2D eigenvalue weighted by atomic mass is 32.1. The van der Waals surface area contributed by atoms with Crippen molar-refractivity contribution in [1.29, 1.82) is 0 Å². The van der Waals surface area contributed by atoms with E-state index in [4.69, 9.17) is 0 Å². The van der Waals surface area contributed by atoms with Crippen LogP contribution in [-0.2, 0) is 12.8 Å². The molecule has 4 aromatic heterocycles. The first-order valence-electron chi connectivity index (χ1n) is 11.8. The van der Waals surface area contributed by atoms with Crippen molar-refractivity contribution in [1.82, 2.24) is 0 Å². The van der Waals surface area contributed by atoms with Crippen molar-refractivity contribution in [3.8, 4) is 0 Å². The van der Waals surface area contributed by atoms with Crippen molar-refractivity contribution in [3.05, 3.63) is 71.8 Å². The maximum absolute atomic E-state index is 2.44. The van der Waals surface area contributed by atoms with Crippen LogP contribution in [0.4, 0.5) is 0 Å². The summed E-state index contributed by atoms with van der Waals surface area (Å²) >= 11 is 7.85. The molecule has 4 aromatic carbocycles. The van der Waals surface area contributed by atoms with E-state index in [0.29, 0.717) is 0 Å². The Bertz CT molecular complexity index is 1940. The second kappa shape index (κ2) is 7.02. The molecule has 34 heavy (non-hydrogen) atoms. The van der Waals surface area contributed by atoms with Crippen LogP contribution in [0, 0.1) is 0 Å². The molecule has 0 fully saturated rings. The Labute approximate surface area is 212 Å². The lowest BCUT2D eigenvalue weighted by Gasteiger charge is -2.00. The van der Waals surface area contributed by atoms with Gasteiger partial charge in [-0.3, -0.25) is 0 Å². The normalized spacial score (nSPS) is 12.6. The molecule has 0 radical (unpaired) electrons. The zero-order valence-electron chi connectivity index (χ0n) is 18.8. The highest BCUT2D eigenvalue weighted by Crippen LogP contribution is 2.48. The summed E-state index contributed by atoms with van der Waals surface area (Å²) in [5.41, 5.74) is 2.85. The van der Waals surface area contributed by atoms with Gasteiger partial charge >= 0.3 is 0 Å². The van der Waals surface area contributed by atoms with E-state index in [9.17, 15) is 0 Å². The molecule has 0 aliphatic heterocycles. The van der Waals surface area contributed by atoms with Gasteiger partial charge in [-0.05, 0) is 71.1 Å². The molecule has 0 saturated carbocycles. The van der Waals surface area contributed by atoms with E-state index < -0.39 is 0 Å². The summed E-state index contributed by atoms with van der Waals surface area (Å²) < 4.78 is 11.5. The minimum Gasteiger partial charge on any atom is -0.134 e. The van der Waals surface area contributed by atoms with Crippen LogP contribution in [0.3, 0.4) is 0 Å². The molecule has 4 heterocycles. The van der Waals surface area contributed by atoms with Gasteiger partial charge in [0.25, 0.3) is 0 Å². The quantitative estimate of drug-likeness (QED) is 0.218. The van der Waals surface area contributed by atoms with Crippen molar-refractivity contribution in [2.45, 2.75) is 26.7 Å². The fraction of sp³-hybridized carbons (Fsp3) is 0.133. The number of fused-ring (bicyclic) bond motifs is 11. The summed E-state index contributed by atoms with van der Waals surface area (Å²) in [6.07, 6.45) is 2.19. The van der Waals surface area contributed by atoms with Crippen LogP contribution >= 0.6 is 45.3 Å². The molecule has 0 aliphatic rings. The number of aryl methyl sites for hydroxylation is 2. The predicted molar refractivity (Wildman–Crippen MR) is 159 cm³/mol. The number of benzene rings is 4. The Morgan fingerprint density at radius 3 is 1.24 bits per heavy atom. The number of rotatable bonds is 2. The summed E-state index contributed by atoms with van der Waals surface area (Å²) in [5, 5.41) is 8.39. The summed E-state index contributed by atoms with van der Waals surface area (Å²) in [4.78, 5) is 0. The predicted octanol–water partition coefficient (Wildman–Crippen LogP) is 11.1. The van der Waals surface area contributed by atoms with Crippen LogP contribution in [0.5, 0.6) is 0 Å². The van der Waals surface area contributed by atoms with Gasteiger partial charge in [0.15, 0.2) is 0 Å². The summed E-state index contributed by atoms with van der Waals surface area (Å²) in [7, 11) is 0. The molecule has 0 aliphatic carbocycles. The second-order valence-electron chi connectivity index (χ2n) is 9.14. The molecule has 164 valence electrons. The highest BCUT2D eigenvalue weighted by Gasteiger charge is 2.16. The van der Waals surface area contributed by atoms with Gasteiger partial charge in [-0.15, -0.1) is 45.3 Å². The average molecular weight is 509 g/mol. The third kappa shape index (κ3) is 2.63. The van der Waals surface area contributed by atoms with Gasteiger partial charge in [0.1, 0.15) is 0 Å². The van der Waals surface area contributed by atoms with Gasteiger partial charge in [-0.25, -0.2) is 0 Å². The van der Waals surface area contributed by atoms with Gasteiger partial charge in [-0.2, -0.15) is 0 Å². The van der Waals surface area contributed by atoms with Gasteiger partial charge in [0.2, 0.25) is 0 Å². The lowest BCUT2D eigenvalue weighted by atomic mass is 10.1. The van der Waals surface area contributed by atoms with Gasteiger partial charge in [0, 0.05) is 40.3 Å². The number of hydrogen-bond acceptors (Lipinski definition) is 4. The summed E-state index contributed by atoms with van der Waals surface area (Å²) in [6.45, 7) is 4.47. The molecule has 0 N–H and O–H groups in total. The first-order valence-corrected chi connectivity index (χ1v) is 15.1. The SMILES string of the molecule is CCc1ccc2c(c1)sc1c3cc4cc5sc6c7ccc(CC)cc7sc6c5cc4cc3sc21. The minimum atomic E-state index is 1.09. The van der Waals surface area contributed by atoms with E-state index >= 15 is 0 Å². The van der Waals surface area contributed by atoms with E-state index in [1.165, 1.54) is 81.0 Å². The van der Waals surface area contributed by atoms with E-state index in [1.54, 1.807) is 0 Å². The van der Waals surface area contributed by atoms with Crippen LogP contribution in [0.15, 0.2) is 60.7 Å². The molecule has 8 rings (SSSR count). The molecule has 0 spiro atoms. The number of hydrogen-bond donors (Lipinski definition) is 0. The molecular weight excluding hydrogens is 489 g/mol. The molecule has 0 unspecified atom stereocenters. The van der Waals surface area contributed by atoms with Gasteiger partial charge in [0.05, 0.1) is 18.8 Å². The standard InChI is InChI=1S/C30H20S4/c1-3-15-5-7-19-23(9-15)31-29-21-11-17-14-26-22(12-18(17)13-25(21)33-27(19)29)30-28(34-26)20-8-6-16(4-2)10-24(20)32-30/h5-14H,3-4H2,1-2H3. The van der Waals surface area contributed by atoms with E-state index in [2.05, 4.69) is 74.5 Å². The Balaban J connectivity index is 1.40. The van der Waals surface area contributed by atoms with E-state index in [0.717, 1.165) is 12.8 Å². The van der Waals surface area contributed by atoms with Crippen molar-refractivity contribution in [3.63, 3.8) is 0 Å². The van der Waals surface area contributed by atoms with Crippen LogP contribution in [0.1, 0.15) is 25.0 Å². The van der Waals surface area contributed by atoms with Crippen LogP contribution in [0.2, 0.25) is 0 Å². The van der Waals surface area contributed by atoms with E-state index in [1.807, 2.05) is 45.3 Å². The topological polar surface area (TPSA) is 0 Å². The van der Waals surface area contributed by atoms with Crippen molar-refractivity contribution in [2.75, 3.05) is 0 Å². The second-order valence-corrected chi connectivity index (χ2v) is 13.3. The molecule has 8 aromatic rings. The third-order valence-electron chi connectivity index (χ3n) is 7.18. The molecule has 0 amide bonds. The van der Waals surface area contributed by atoms with Crippen LogP contribution in [0.25, 0.3) is 69.9 Å². The average Bonchev–Trinajstić information content (AvgIpc) is 3.58. The fourth-order valence-electron chi connectivity index (χ4n) is 5.28. The fourth-order valence-corrected chi connectivity index (χ4v) is 10.8. The lowest BCUT2D eigenvalue weighted by Crippen LogP contribution is -1.76. The molecule has 0 nitrogen and oxygen atoms in total. The smallest absolute Gasteiger partial charge is 0.0542 e. The van der Waals surface area contributed by atoms with E-state index in [-0.39, 0.29) is 0 Å². The van der Waals surface area contributed by atoms with Crippen molar-refractivity contribution >= 4 is 115 Å². The summed E-state index contributed by atoms with van der Waals surface area (Å²) in [5.74, 6) is 0. The van der Waals surface area contributed by atoms with Crippen molar-refractivity contribution < 1.29 is 0 Å². The maximum atomic E-state index is 2.44. The van der Waals surface area contributed by atoms with Gasteiger partial charge < -0.3 is 0 Å². The van der Waals surface area contributed by atoms with Crippen LogP contribution < -0.4 is 0 Å². The Hall–Kier alpha value is -2.50. The largest absolute Gasteiger partial charge is 0.134 e. The minimum absolute atomic E-state index is 1.09. The van der Waals surface area contributed by atoms with Gasteiger partial charge in [-0.1, -0.05) is 38.1 Å². The number of thiophene rings is 4. The highest BCUT2D eigenvalue weighted by molar-refractivity contribution is 7.37. The third-order valence-corrected chi connectivity index (χ3v) is 12.2. The monoisotopic (exact) mass is 508 g/mol. The first kappa shape index (κ1) is 19.8. The summed E-state index contributed by atoms with van der Waals surface area (Å²) in [6, 6.07) is 23.8. The zero-order valence-corrected chi connectivity index (χ0v) is 22.1. The molecule has 4 heteroatoms. The molecule has 0 bridgehead atoms. The van der Waals surface area contributed by atoms with Crippen LogP contribution in [-0.4, -0.2) is 0 Å². The molecular formula is C30H20S4. The Morgan fingerprint density at radius 2 is 0.824 bits per heavy atom.